The number of carbonyl (C=O) groups is 2. The summed E-state index contributed by atoms with van der Waals surface area (Å²) < 4.78 is 2.06. The summed E-state index contributed by atoms with van der Waals surface area (Å²) in [6.07, 6.45) is 3.30. The molecule has 0 saturated carbocycles. The van der Waals surface area contributed by atoms with Crippen LogP contribution in [0.1, 0.15) is 5.56 Å². The van der Waals surface area contributed by atoms with Crippen LogP contribution in [0.15, 0.2) is 30.5 Å². The third-order valence-corrected chi connectivity index (χ3v) is 4.14. The molecule has 3 rings (SSSR count). The summed E-state index contributed by atoms with van der Waals surface area (Å²) in [7, 11) is 2.00. The Balaban J connectivity index is 1.73. The summed E-state index contributed by atoms with van der Waals surface area (Å²) in [5.74, 6) is 0.136. The lowest BCUT2D eigenvalue weighted by Crippen LogP contribution is -2.48. The number of benzene rings is 1. The van der Waals surface area contributed by atoms with E-state index in [4.69, 9.17) is 0 Å². The maximum absolute atomic E-state index is 12.4. The minimum Gasteiger partial charge on any atom is -0.350 e. The second kappa shape index (κ2) is 5.60. The van der Waals surface area contributed by atoms with E-state index in [-0.39, 0.29) is 5.91 Å². The monoisotopic (exact) mass is 285 g/mol. The molecule has 0 aliphatic carbocycles. The SMILES string of the molecule is Cn1cc(CC(=O)N2CCN(C=O)CC2)c2ccccc21. The predicted molar refractivity (Wildman–Crippen MR) is 80.8 cm³/mol. The highest BCUT2D eigenvalue weighted by Gasteiger charge is 2.21. The molecule has 1 saturated heterocycles. The van der Waals surface area contributed by atoms with Crippen LogP contribution in [0.2, 0.25) is 0 Å². The van der Waals surface area contributed by atoms with Crippen molar-refractivity contribution >= 4 is 23.2 Å². The summed E-state index contributed by atoms with van der Waals surface area (Å²) in [5, 5.41) is 1.14. The molecule has 21 heavy (non-hydrogen) atoms. The van der Waals surface area contributed by atoms with Crippen LogP contribution >= 0.6 is 0 Å². The van der Waals surface area contributed by atoms with Crippen LogP contribution in [-0.2, 0) is 23.1 Å². The summed E-state index contributed by atoms with van der Waals surface area (Å²) in [4.78, 5) is 26.7. The van der Waals surface area contributed by atoms with Crippen molar-refractivity contribution in [3.05, 3.63) is 36.0 Å². The van der Waals surface area contributed by atoms with Gasteiger partial charge < -0.3 is 14.4 Å². The lowest BCUT2D eigenvalue weighted by atomic mass is 10.1. The van der Waals surface area contributed by atoms with Crippen molar-refractivity contribution in [1.29, 1.82) is 0 Å². The molecule has 0 atom stereocenters. The number of hydrogen-bond donors (Lipinski definition) is 0. The van der Waals surface area contributed by atoms with Crippen molar-refractivity contribution in [1.82, 2.24) is 14.4 Å². The Kier molecular flexibility index (Phi) is 3.64. The van der Waals surface area contributed by atoms with Gasteiger partial charge in [-0.1, -0.05) is 18.2 Å². The number of rotatable bonds is 3. The molecule has 2 amide bonds. The van der Waals surface area contributed by atoms with Gasteiger partial charge in [-0.15, -0.1) is 0 Å². The first-order chi connectivity index (χ1) is 10.2. The molecule has 0 N–H and O–H groups in total. The minimum atomic E-state index is 0.136. The Morgan fingerprint density at radius 1 is 1.19 bits per heavy atom. The third-order valence-electron chi connectivity index (χ3n) is 4.14. The van der Waals surface area contributed by atoms with Gasteiger partial charge in [0.15, 0.2) is 0 Å². The van der Waals surface area contributed by atoms with Crippen LogP contribution in [0.4, 0.5) is 0 Å². The summed E-state index contributed by atoms with van der Waals surface area (Å²) in [5.41, 5.74) is 2.21. The summed E-state index contributed by atoms with van der Waals surface area (Å²) >= 11 is 0. The van der Waals surface area contributed by atoms with E-state index in [1.165, 1.54) is 0 Å². The number of nitrogens with zero attached hydrogens (tertiary/aromatic N) is 3. The van der Waals surface area contributed by atoms with E-state index < -0.39 is 0 Å². The fraction of sp³-hybridized carbons (Fsp3) is 0.375. The van der Waals surface area contributed by atoms with Gasteiger partial charge in [-0.3, -0.25) is 9.59 Å². The van der Waals surface area contributed by atoms with Crippen molar-refractivity contribution in [2.45, 2.75) is 6.42 Å². The number of carbonyl (C=O) groups excluding carboxylic acids is 2. The van der Waals surface area contributed by atoms with Crippen molar-refractivity contribution in [3.63, 3.8) is 0 Å². The first kappa shape index (κ1) is 13.7. The van der Waals surface area contributed by atoms with E-state index in [2.05, 4.69) is 16.7 Å². The largest absolute Gasteiger partial charge is 0.350 e. The third kappa shape index (κ3) is 2.63. The van der Waals surface area contributed by atoms with Crippen molar-refractivity contribution in [2.24, 2.45) is 7.05 Å². The molecule has 1 aliphatic rings. The van der Waals surface area contributed by atoms with E-state index in [0.29, 0.717) is 32.6 Å². The standard InChI is InChI=1S/C16H19N3O2/c1-17-11-13(14-4-2-3-5-15(14)17)10-16(21)19-8-6-18(12-20)7-9-19/h2-5,11-12H,6-10H2,1H3. The average molecular weight is 285 g/mol. The molecule has 2 heterocycles. The maximum atomic E-state index is 12.4. The number of fused-ring (bicyclic) bond motifs is 1. The molecule has 0 spiro atoms. The molecule has 2 aromatic rings. The van der Waals surface area contributed by atoms with E-state index in [1.807, 2.05) is 30.3 Å². The smallest absolute Gasteiger partial charge is 0.227 e. The van der Waals surface area contributed by atoms with E-state index in [9.17, 15) is 9.59 Å². The van der Waals surface area contributed by atoms with Gasteiger partial charge >= 0.3 is 0 Å². The number of hydrogen-bond acceptors (Lipinski definition) is 2. The lowest BCUT2D eigenvalue weighted by molar-refractivity contribution is -0.134. The number of aromatic nitrogens is 1. The molecular formula is C16H19N3O2. The molecule has 5 heteroatoms. The Bertz CT molecular complexity index is 669. The molecule has 1 fully saturated rings. The Hall–Kier alpha value is -2.30. The highest BCUT2D eigenvalue weighted by molar-refractivity contribution is 5.89. The second-order valence-corrected chi connectivity index (χ2v) is 5.48. The normalized spacial score (nSPS) is 15.5. The average Bonchev–Trinajstić information content (AvgIpc) is 2.84. The zero-order valence-corrected chi connectivity index (χ0v) is 12.2. The quantitative estimate of drug-likeness (QED) is 0.791. The number of amides is 2. The number of piperazine rings is 1. The van der Waals surface area contributed by atoms with Gasteiger partial charge in [0.2, 0.25) is 12.3 Å². The minimum absolute atomic E-state index is 0.136. The Labute approximate surface area is 123 Å². The fourth-order valence-electron chi connectivity index (χ4n) is 2.92. The molecule has 0 unspecified atom stereocenters. The highest BCUT2D eigenvalue weighted by Crippen LogP contribution is 2.21. The molecule has 1 aromatic heterocycles. The Morgan fingerprint density at radius 2 is 1.90 bits per heavy atom. The van der Waals surface area contributed by atoms with Gasteiger partial charge in [0.05, 0.1) is 6.42 Å². The molecule has 5 nitrogen and oxygen atoms in total. The van der Waals surface area contributed by atoms with E-state index in [0.717, 1.165) is 22.9 Å². The molecule has 1 aliphatic heterocycles. The molecule has 110 valence electrons. The van der Waals surface area contributed by atoms with Crippen molar-refractivity contribution < 1.29 is 9.59 Å². The topological polar surface area (TPSA) is 45.6 Å². The molecule has 0 radical (unpaired) electrons. The van der Waals surface area contributed by atoms with Crippen LogP contribution in [0, 0.1) is 0 Å². The second-order valence-electron chi connectivity index (χ2n) is 5.48. The summed E-state index contributed by atoms with van der Waals surface area (Å²) in [6.45, 7) is 2.51. The van der Waals surface area contributed by atoms with Gasteiger partial charge in [-0.2, -0.15) is 0 Å². The first-order valence-corrected chi connectivity index (χ1v) is 7.19. The van der Waals surface area contributed by atoms with Crippen LogP contribution in [0.5, 0.6) is 0 Å². The first-order valence-electron chi connectivity index (χ1n) is 7.19. The van der Waals surface area contributed by atoms with E-state index >= 15 is 0 Å². The highest BCUT2D eigenvalue weighted by atomic mass is 16.2. The van der Waals surface area contributed by atoms with Gasteiger partial charge in [0.1, 0.15) is 0 Å². The fourth-order valence-corrected chi connectivity index (χ4v) is 2.92. The van der Waals surface area contributed by atoms with Gasteiger partial charge in [0.25, 0.3) is 0 Å². The summed E-state index contributed by atoms with van der Waals surface area (Å²) in [6, 6.07) is 8.13. The molecule has 1 aromatic carbocycles. The van der Waals surface area contributed by atoms with Crippen LogP contribution in [-0.4, -0.2) is 52.9 Å². The lowest BCUT2D eigenvalue weighted by Gasteiger charge is -2.32. The van der Waals surface area contributed by atoms with Gasteiger partial charge in [-0.25, -0.2) is 0 Å². The Morgan fingerprint density at radius 3 is 2.62 bits per heavy atom. The predicted octanol–water partition coefficient (Wildman–Crippen LogP) is 1.02. The van der Waals surface area contributed by atoms with E-state index in [1.54, 1.807) is 4.90 Å². The zero-order valence-electron chi connectivity index (χ0n) is 12.2. The van der Waals surface area contributed by atoms with Crippen LogP contribution < -0.4 is 0 Å². The number of para-hydroxylation sites is 1. The zero-order chi connectivity index (χ0) is 14.8. The van der Waals surface area contributed by atoms with Crippen LogP contribution in [0.25, 0.3) is 10.9 Å². The molecular weight excluding hydrogens is 266 g/mol. The number of aryl methyl sites for hydroxylation is 1. The van der Waals surface area contributed by atoms with Crippen LogP contribution in [0.3, 0.4) is 0 Å². The maximum Gasteiger partial charge on any atom is 0.227 e. The van der Waals surface area contributed by atoms with Gasteiger partial charge in [0, 0.05) is 50.3 Å². The van der Waals surface area contributed by atoms with Gasteiger partial charge in [-0.05, 0) is 11.6 Å². The van der Waals surface area contributed by atoms with Crippen molar-refractivity contribution in [3.8, 4) is 0 Å². The van der Waals surface area contributed by atoms with Crippen molar-refractivity contribution in [2.75, 3.05) is 26.2 Å². The molecule has 0 bridgehead atoms.